The third-order valence-electron chi connectivity index (χ3n) is 3.47. The number of aryl methyl sites for hydroxylation is 1. The van der Waals surface area contributed by atoms with Gasteiger partial charge in [0, 0.05) is 0 Å². The van der Waals surface area contributed by atoms with E-state index in [1.807, 2.05) is 42.6 Å². The molecule has 0 unspecified atom stereocenters. The fourth-order valence-corrected chi connectivity index (χ4v) is 2.95. The molecule has 6 nitrogen and oxygen atoms in total. The third kappa shape index (κ3) is 3.80. The van der Waals surface area contributed by atoms with Crippen LogP contribution in [-0.4, -0.2) is 23.2 Å². The molecule has 0 aliphatic rings. The summed E-state index contributed by atoms with van der Waals surface area (Å²) < 4.78 is 10.4. The molecule has 7 heteroatoms. The van der Waals surface area contributed by atoms with Crippen molar-refractivity contribution in [2.75, 3.05) is 7.11 Å². The smallest absolute Gasteiger partial charge is 0.246 e. The second-order valence-electron chi connectivity index (χ2n) is 5.25. The van der Waals surface area contributed by atoms with E-state index in [1.165, 1.54) is 11.3 Å². The number of rotatable bonds is 6. The van der Waals surface area contributed by atoms with Gasteiger partial charge in [-0.15, -0.1) is 11.3 Å². The minimum absolute atomic E-state index is 0.101. The average molecular weight is 343 g/mol. The number of hydrogen-bond donors (Lipinski definition) is 1. The highest BCUT2D eigenvalue weighted by Gasteiger charge is 2.11. The normalized spacial score (nSPS) is 10.6. The van der Waals surface area contributed by atoms with Crippen molar-refractivity contribution in [2.45, 2.75) is 19.9 Å². The van der Waals surface area contributed by atoms with Crippen molar-refractivity contribution >= 4 is 17.2 Å². The molecule has 0 fully saturated rings. The monoisotopic (exact) mass is 343 g/mol. The lowest BCUT2D eigenvalue weighted by Crippen LogP contribution is -2.24. The predicted octanol–water partition coefficient (Wildman–Crippen LogP) is 2.97. The Balaban J connectivity index is 1.55. The van der Waals surface area contributed by atoms with Gasteiger partial charge in [-0.3, -0.25) is 4.79 Å². The number of benzene rings is 1. The molecule has 0 aliphatic heterocycles. The second kappa shape index (κ2) is 7.27. The van der Waals surface area contributed by atoms with Gasteiger partial charge in [-0.05, 0) is 35.6 Å². The molecular formula is C17H17N3O3S. The highest BCUT2D eigenvalue weighted by molar-refractivity contribution is 7.13. The van der Waals surface area contributed by atoms with E-state index in [9.17, 15) is 4.79 Å². The van der Waals surface area contributed by atoms with E-state index in [4.69, 9.17) is 9.26 Å². The van der Waals surface area contributed by atoms with Gasteiger partial charge in [-0.25, -0.2) is 0 Å². The summed E-state index contributed by atoms with van der Waals surface area (Å²) in [7, 11) is 1.63. The molecule has 1 aromatic carbocycles. The summed E-state index contributed by atoms with van der Waals surface area (Å²) >= 11 is 1.54. The van der Waals surface area contributed by atoms with Crippen LogP contribution in [-0.2, 0) is 17.8 Å². The maximum atomic E-state index is 12.1. The Morgan fingerprint density at radius 3 is 2.96 bits per heavy atom. The van der Waals surface area contributed by atoms with E-state index in [0.717, 1.165) is 21.8 Å². The van der Waals surface area contributed by atoms with Crippen molar-refractivity contribution in [1.29, 1.82) is 0 Å². The number of ether oxygens (including phenoxy) is 1. The summed E-state index contributed by atoms with van der Waals surface area (Å²) in [5.41, 5.74) is 1.93. The molecule has 2 heterocycles. The standard InChI is InChI=1S/C17H17N3O3S/c1-11-8-12(5-6-13(11)22-2)9-15(21)18-10-16-19-17(20-23-16)14-4-3-7-24-14/h3-8H,9-10H2,1-2H3,(H,18,21). The van der Waals surface area contributed by atoms with Crippen LogP contribution < -0.4 is 10.1 Å². The van der Waals surface area contributed by atoms with E-state index in [1.54, 1.807) is 7.11 Å². The first-order valence-electron chi connectivity index (χ1n) is 7.42. The van der Waals surface area contributed by atoms with Crippen LogP contribution in [0, 0.1) is 6.92 Å². The summed E-state index contributed by atoms with van der Waals surface area (Å²) in [4.78, 5) is 17.3. The topological polar surface area (TPSA) is 77.2 Å². The first-order valence-corrected chi connectivity index (χ1v) is 8.30. The van der Waals surface area contributed by atoms with Crippen LogP contribution in [0.3, 0.4) is 0 Å². The van der Waals surface area contributed by atoms with Crippen molar-refractivity contribution in [3.8, 4) is 16.5 Å². The molecule has 3 aromatic rings. The molecule has 0 bridgehead atoms. The predicted molar refractivity (Wildman–Crippen MR) is 90.9 cm³/mol. The van der Waals surface area contributed by atoms with Gasteiger partial charge in [0.1, 0.15) is 5.75 Å². The van der Waals surface area contributed by atoms with Crippen LogP contribution in [0.1, 0.15) is 17.0 Å². The molecular weight excluding hydrogens is 326 g/mol. The fourth-order valence-electron chi connectivity index (χ4n) is 2.31. The maximum Gasteiger partial charge on any atom is 0.246 e. The fraction of sp³-hybridized carbons (Fsp3) is 0.235. The average Bonchev–Trinajstić information content (AvgIpc) is 3.24. The maximum absolute atomic E-state index is 12.1. The number of nitrogens with one attached hydrogen (secondary N) is 1. The van der Waals surface area contributed by atoms with Crippen LogP contribution in [0.4, 0.5) is 0 Å². The van der Waals surface area contributed by atoms with E-state index in [0.29, 0.717) is 11.7 Å². The zero-order valence-electron chi connectivity index (χ0n) is 13.4. The van der Waals surface area contributed by atoms with Crippen molar-refractivity contribution < 1.29 is 14.1 Å². The van der Waals surface area contributed by atoms with Gasteiger partial charge in [0.05, 0.1) is 25.0 Å². The molecule has 0 radical (unpaired) electrons. The largest absolute Gasteiger partial charge is 0.496 e. The Labute approximate surface area is 143 Å². The molecule has 2 aromatic heterocycles. The summed E-state index contributed by atoms with van der Waals surface area (Å²) in [5, 5.41) is 8.65. The van der Waals surface area contributed by atoms with Gasteiger partial charge in [0.25, 0.3) is 0 Å². The van der Waals surface area contributed by atoms with E-state index in [2.05, 4.69) is 15.5 Å². The summed E-state index contributed by atoms with van der Waals surface area (Å²) in [5.74, 6) is 1.64. The molecule has 3 rings (SSSR count). The molecule has 0 atom stereocenters. The number of carbonyl (C=O) groups excluding carboxylic acids is 1. The minimum Gasteiger partial charge on any atom is -0.496 e. The first kappa shape index (κ1) is 16.2. The van der Waals surface area contributed by atoms with E-state index < -0.39 is 0 Å². The number of hydrogen-bond acceptors (Lipinski definition) is 6. The Morgan fingerprint density at radius 1 is 1.38 bits per heavy atom. The SMILES string of the molecule is COc1ccc(CC(=O)NCc2nc(-c3cccs3)no2)cc1C. The number of aromatic nitrogens is 2. The van der Waals surface area contributed by atoms with Gasteiger partial charge in [-0.1, -0.05) is 23.4 Å². The highest BCUT2D eigenvalue weighted by atomic mass is 32.1. The van der Waals surface area contributed by atoms with E-state index in [-0.39, 0.29) is 18.9 Å². The van der Waals surface area contributed by atoms with Crippen LogP contribution in [0.5, 0.6) is 5.75 Å². The highest BCUT2D eigenvalue weighted by Crippen LogP contribution is 2.21. The lowest BCUT2D eigenvalue weighted by Gasteiger charge is -2.07. The summed E-state index contributed by atoms with van der Waals surface area (Å²) in [6.45, 7) is 2.16. The summed E-state index contributed by atoms with van der Waals surface area (Å²) in [6, 6.07) is 9.54. The van der Waals surface area contributed by atoms with E-state index >= 15 is 0 Å². The van der Waals surface area contributed by atoms with Crippen LogP contribution in [0.2, 0.25) is 0 Å². The number of carbonyl (C=O) groups is 1. The lowest BCUT2D eigenvalue weighted by molar-refractivity contribution is -0.120. The summed E-state index contributed by atoms with van der Waals surface area (Å²) in [6.07, 6.45) is 0.288. The number of thiophene rings is 1. The molecule has 0 saturated heterocycles. The Morgan fingerprint density at radius 2 is 2.25 bits per heavy atom. The third-order valence-corrected chi connectivity index (χ3v) is 4.34. The minimum atomic E-state index is -0.101. The lowest BCUT2D eigenvalue weighted by atomic mass is 10.1. The molecule has 0 saturated carbocycles. The van der Waals surface area contributed by atoms with Gasteiger partial charge < -0.3 is 14.6 Å². The van der Waals surface area contributed by atoms with Gasteiger partial charge in [-0.2, -0.15) is 4.98 Å². The van der Waals surface area contributed by atoms with Crippen LogP contribution >= 0.6 is 11.3 Å². The van der Waals surface area contributed by atoms with Gasteiger partial charge in [0.15, 0.2) is 0 Å². The van der Waals surface area contributed by atoms with Crippen molar-refractivity contribution in [2.24, 2.45) is 0 Å². The second-order valence-corrected chi connectivity index (χ2v) is 6.19. The number of amides is 1. The Bertz CT molecular complexity index is 827. The molecule has 124 valence electrons. The Hall–Kier alpha value is -2.67. The van der Waals surface area contributed by atoms with Crippen molar-refractivity contribution in [1.82, 2.24) is 15.5 Å². The molecule has 24 heavy (non-hydrogen) atoms. The molecule has 1 N–H and O–H groups in total. The molecule has 0 spiro atoms. The van der Waals surface area contributed by atoms with Crippen LogP contribution in [0.15, 0.2) is 40.2 Å². The van der Waals surface area contributed by atoms with Crippen molar-refractivity contribution in [3.05, 3.63) is 52.7 Å². The Kier molecular flexibility index (Phi) is 4.90. The van der Waals surface area contributed by atoms with Crippen molar-refractivity contribution in [3.63, 3.8) is 0 Å². The van der Waals surface area contributed by atoms with Gasteiger partial charge >= 0.3 is 0 Å². The first-order chi connectivity index (χ1) is 11.7. The molecule has 0 aliphatic carbocycles. The van der Waals surface area contributed by atoms with Crippen LogP contribution in [0.25, 0.3) is 10.7 Å². The van der Waals surface area contributed by atoms with Gasteiger partial charge in [0.2, 0.25) is 17.6 Å². The zero-order valence-corrected chi connectivity index (χ0v) is 14.2. The quantitative estimate of drug-likeness (QED) is 0.744. The zero-order chi connectivity index (χ0) is 16.9. The number of nitrogens with zero attached hydrogens (tertiary/aromatic N) is 2. The molecule has 1 amide bonds. The number of methoxy groups -OCH3 is 1.